The maximum atomic E-state index is 13.2. The molecule has 9 heteroatoms. The maximum Gasteiger partial charge on any atom is 0.236 e. The summed E-state index contributed by atoms with van der Waals surface area (Å²) >= 11 is 9.91. The lowest BCUT2D eigenvalue weighted by molar-refractivity contribution is -0.122. The van der Waals surface area contributed by atoms with Gasteiger partial charge in [-0.05, 0) is 84.9 Å². The number of nitrogens with two attached hydrogens (primary N) is 1. The van der Waals surface area contributed by atoms with Crippen LogP contribution in [0.3, 0.4) is 0 Å². The first-order chi connectivity index (χ1) is 18.6. The van der Waals surface area contributed by atoms with Crippen LogP contribution >= 0.6 is 27.5 Å². The number of fused-ring (bicyclic) bond motifs is 1. The average Bonchev–Trinajstić information content (AvgIpc) is 3.34. The number of Topliss-reactive ketones (excluding diaryl/α,β-unsaturated/α-hetero) is 1. The minimum absolute atomic E-state index is 0.0250. The smallest absolute Gasteiger partial charge is 0.236 e. The van der Waals surface area contributed by atoms with Crippen molar-refractivity contribution in [2.75, 3.05) is 6.54 Å². The largest absolute Gasteiger partial charge is 0.489 e. The Morgan fingerprint density at radius 3 is 2.51 bits per heavy atom. The van der Waals surface area contributed by atoms with Crippen molar-refractivity contribution in [3.8, 4) is 17.0 Å². The minimum Gasteiger partial charge on any atom is -0.489 e. The Labute approximate surface area is 241 Å². The molecule has 2 atom stereocenters. The highest BCUT2D eigenvalue weighted by atomic mass is 79.9. The van der Waals surface area contributed by atoms with E-state index in [1.54, 1.807) is 25.1 Å². The molecule has 2 aromatic carbocycles. The molecular weight excluding hydrogens is 580 g/mol. The van der Waals surface area contributed by atoms with E-state index in [4.69, 9.17) is 27.1 Å². The van der Waals surface area contributed by atoms with Gasteiger partial charge in [0, 0.05) is 36.5 Å². The Morgan fingerprint density at radius 1 is 1.13 bits per heavy atom. The molecule has 0 aliphatic heterocycles. The van der Waals surface area contributed by atoms with Gasteiger partial charge in [0.2, 0.25) is 5.91 Å². The second-order valence-electron chi connectivity index (χ2n) is 9.95. The number of carbonyl (C=O) groups excluding carboxylic acids is 2. The number of benzene rings is 2. The molecule has 4 rings (SSSR count). The van der Waals surface area contributed by atoms with Crippen molar-refractivity contribution in [1.82, 2.24) is 14.7 Å². The van der Waals surface area contributed by atoms with Crippen LogP contribution in [0.5, 0.6) is 5.75 Å². The molecule has 2 aromatic heterocycles. The van der Waals surface area contributed by atoms with Crippen LogP contribution in [0.1, 0.15) is 43.1 Å². The van der Waals surface area contributed by atoms with Crippen molar-refractivity contribution < 1.29 is 14.3 Å². The zero-order valence-electron chi connectivity index (χ0n) is 22.2. The van der Waals surface area contributed by atoms with Gasteiger partial charge in [0.15, 0.2) is 11.4 Å². The van der Waals surface area contributed by atoms with Crippen LogP contribution in [-0.2, 0) is 11.2 Å². The number of imidazole rings is 1. The minimum atomic E-state index is -0.626. The monoisotopic (exact) mass is 610 g/mol. The topological polar surface area (TPSA) is 98.7 Å². The first kappa shape index (κ1) is 28.8. The summed E-state index contributed by atoms with van der Waals surface area (Å²) in [5, 5.41) is 3.27. The second-order valence-corrected chi connectivity index (χ2v) is 11.2. The van der Waals surface area contributed by atoms with Crippen LogP contribution in [0.15, 0.2) is 71.5 Å². The van der Waals surface area contributed by atoms with Crippen LogP contribution in [0.4, 0.5) is 0 Å². The van der Waals surface area contributed by atoms with Gasteiger partial charge in [-0.1, -0.05) is 35.9 Å². The Morgan fingerprint density at radius 2 is 1.87 bits per heavy atom. The summed E-state index contributed by atoms with van der Waals surface area (Å²) in [4.78, 5) is 30.1. The molecule has 0 aliphatic rings. The van der Waals surface area contributed by atoms with Gasteiger partial charge >= 0.3 is 0 Å². The standard InChI is InChI=1S/C30H32BrClN4O3/c1-18(2)39-28-11-10-23(15-25(28)32)27(37)14-21(16-34-30(38)19(3)33)13-20-6-8-22(9-7-20)26-17-36-12-4-5-24(31)29(36)35-26/h4-12,15,17-19,21H,13-14,16,33H2,1-3H3,(H,34,38)/t19-,21-/m1/s1. The molecule has 0 spiro atoms. The molecule has 0 aliphatic carbocycles. The molecule has 204 valence electrons. The Kier molecular flexibility index (Phi) is 9.43. The highest BCUT2D eigenvalue weighted by Crippen LogP contribution is 2.28. The van der Waals surface area contributed by atoms with Crippen molar-refractivity contribution in [3.05, 3.63) is 87.6 Å². The number of ether oxygens (including phenoxy) is 1. The first-order valence-corrected chi connectivity index (χ1v) is 14.0. The van der Waals surface area contributed by atoms with Gasteiger partial charge in [-0.15, -0.1) is 0 Å². The number of pyridine rings is 1. The number of hydrogen-bond donors (Lipinski definition) is 2. The molecular formula is C30H32BrClN4O3. The summed E-state index contributed by atoms with van der Waals surface area (Å²) in [5.41, 5.74) is 9.99. The fourth-order valence-electron chi connectivity index (χ4n) is 4.29. The first-order valence-electron chi connectivity index (χ1n) is 12.9. The van der Waals surface area contributed by atoms with Crippen molar-refractivity contribution in [2.24, 2.45) is 11.7 Å². The molecule has 0 unspecified atom stereocenters. The molecule has 4 aromatic rings. The average molecular weight is 612 g/mol. The molecule has 39 heavy (non-hydrogen) atoms. The lowest BCUT2D eigenvalue weighted by Crippen LogP contribution is -2.41. The highest BCUT2D eigenvalue weighted by Gasteiger charge is 2.20. The van der Waals surface area contributed by atoms with E-state index in [9.17, 15) is 9.59 Å². The number of carbonyl (C=O) groups is 2. The van der Waals surface area contributed by atoms with Crippen molar-refractivity contribution in [3.63, 3.8) is 0 Å². The van der Waals surface area contributed by atoms with E-state index in [1.165, 1.54) is 0 Å². The van der Waals surface area contributed by atoms with Crippen molar-refractivity contribution in [1.29, 1.82) is 0 Å². The number of halogens is 2. The van der Waals surface area contributed by atoms with Crippen molar-refractivity contribution >= 4 is 44.9 Å². The quantitative estimate of drug-likeness (QED) is 0.200. The summed E-state index contributed by atoms with van der Waals surface area (Å²) in [6, 6.07) is 16.5. The van der Waals surface area contributed by atoms with Crippen LogP contribution in [0, 0.1) is 5.92 Å². The summed E-state index contributed by atoms with van der Waals surface area (Å²) in [6.07, 6.45) is 4.76. The fraction of sp³-hybridized carbons (Fsp3) is 0.300. The fourth-order valence-corrected chi connectivity index (χ4v) is 4.96. The van der Waals surface area contributed by atoms with E-state index >= 15 is 0 Å². The number of hydrogen-bond acceptors (Lipinski definition) is 5. The zero-order valence-corrected chi connectivity index (χ0v) is 24.5. The van der Waals surface area contributed by atoms with E-state index in [1.807, 2.05) is 67.0 Å². The third-order valence-electron chi connectivity index (χ3n) is 6.28. The SMILES string of the molecule is CC(C)Oc1ccc(C(=O)C[C@H](CNC(=O)[C@@H](C)N)Cc2ccc(-c3cn4cccc(Br)c4n3)cc2)cc1Cl. The third-order valence-corrected chi connectivity index (χ3v) is 7.19. The number of ketones is 1. The van der Waals surface area contributed by atoms with Gasteiger partial charge in [-0.3, -0.25) is 9.59 Å². The van der Waals surface area contributed by atoms with E-state index in [2.05, 4.69) is 21.2 Å². The molecule has 0 saturated heterocycles. The second kappa shape index (κ2) is 12.8. The third kappa shape index (κ3) is 7.47. The van der Waals surface area contributed by atoms with Gasteiger partial charge in [0.25, 0.3) is 0 Å². The lowest BCUT2D eigenvalue weighted by Gasteiger charge is -2.19. The van der Waals surface area contributed by atoms with Crippen LogP contribution in [-0.4, -0.2) is 39.8 Å². The molecule has 7 nitrogen and oxygen atoms in total. The van der Waals surface area contributed by atoms with Gasteiger partial charge in [-0.25, -0.2) is 4.98 Å². The predicted molar refractivity (Wildman–Crippen MR) is 158 cm³/mol. The van der Waals surface area contributed by atoms with E-state index in [0.29, 0.717) is 29.3 Å². The Balaban J connectivity index is 1.49. The lowest BCUT2D eigenvalue weighted by atomic mass is 9.91. The molecule has 0 saturated carbocycles. The van der Waals surface area contributed by atoms with E-state index in [0.717, 1.165) is 26.9 Å². The Hall–Kier alpha value is -3.20. The number of nitrogens with zero attached hydrogens (tertiary/aromatic N) is 2. The van der Waals surface area contributed by atoms with Crippen LogP contribution in [0.25, 0.3) is 16.9 Å². The number of nitrogens with one attached hydrogen (secondary N) is 1. The zero-order chi connectivity index (χ0) is 28.1. The summed E-state index contributed by atoms with van der Waals surface area (Å²) in [7, 11) is 0. The summed E-state index contributed by atoms with van der Waals surface area (Å²) in [6.45, 7) is 5.80. The number of rotatable bonds is 11. The number of aromatic nitrogens is 2. The maximum absolute atomic E-state index is 13.2. The molecule has 0 bridgehead atoms. The highest BCUT2D eigenvalue weighted by molar-refractivity contribution is 9.10. The molecule has 3 N–H and O–H groups in total. The van der Waals surface area contributed by atoms with E-state index < -0.39 is 6.04 Å². The van der Waals surface area contributed by atoms with Crippen LogP contribution < -0.4 is 15.8 Å². The summed E-state index contributed by atoms with van der Waals surface area (Å²) in [5.74, 6) is 0.101. The van der Waals surface area contributed by atoms with Gasteiger partial charge in [0.05, 0.1) is 27.3 Å². The Bertz CT molecular complexity index is 1470. The summed E-state index contributed by atoms with van der Waals surface area (Å²) < 4.78 is 8.59. The van der Waals surface area contributed by atoms with E-state index in [-0.39, 0.29) is 30.1 Å². The van der Waals surface area contributed by atoms with Gasteiger partial charge < -0.3 is 20.2 Å². The predicted octanol–water partition coefficient (Wildman–Crippen LogP) is 6.10. The molecule has 1 amide bonds. The van der Waals surface area contributed by atoms with Gasteiger partial charge in [-0.2, -0.15) is 0 Å². The van der Waals surface area contributed by atoms with Gasteiger partial charge in [0.1, 0.15) is 5.75 Å². The number of amides is 1. The van der Waals surface area contributed by atoms with Crippen LogP contribution in [0.2, 0.25) is 5.02 Å². The van der Waals surface area contributed by atoms with Crippen molar-refractivity contribution in [2.45, 2.75) is 45.8 Å². The normalized spacial score (nSPS) is 12.9. The molecule has 2 heterocycles. The molecule has 0 radical (unpaired) electrons. The molecule has 0 fully saturated rings.